The highest BCUT2D eigenvalue weighted by atomic mass is 32.1. The van der Waals surface area contributed by atoms with Gasteiger partial charge in [-0.15, -0.1) is 11.3 Å². The van der Waals surface area contributed by atoms with Crippen LogP contribution in [0.2, 0.25) is 0 Å². The standard InChI is InChI=1S/C13H20N2O3S/c1-3-4-12-14-9(8-19-12)6-15-7-10(16)5-11(15)13(17)18-2/h8,10-11,16H,3-7H2,1-2H3. The van der Waals surface area contributed by atoms with Gasteiger partial charge in [-0.05, 0) is 12.8 Å². The second-order valence-corrected chi connectivity index (χ2v) is 5.78. The maximum Gasteiger partial charge on any atom is 0.323 e. The van der Waals surface area contributed by atoms with Crippen LogP contribution in [0, 0.1) is 0 Å². The van der Waals surface area contributed by atoms with Crippen molar-refractivity contribution >= 4 is 17.3 Å². The van der Waals surface area contributed by atoms with E-state index in [-0.39, 0.29) is 12.0 Å². The van der Waals surface area contributed by atoms with Gasteiger partial charge in [0.05, 0.1) is 23.9 Å². The van der Waals surface area contributed by atoms with Crippen molar-refractivity contribution < 1.29 is 14.6 Å². The molecule has 2 heterocycles. The number of β-amino-alcohol motifs (C(OH)–C–C–N with tert-alkyl or cyclic N) is 1. The molecule has 0 radical (unpaired) electrons. The van der Waals surface area contributed by atoms with E-state index in [4.69, 9.17) is 4.74 Å². The molecule has 106 valence electrons. The minimum atomic E-state index is -0.460. The van der Waals surface area contributed by atoms with E-state index < -0.39 is 6.10 Å². The average molecular weight is 284 g/mol. The Balaban J connectivity index is 2.01. The van der Waals surface area contributed by atoms with Gasteiger partial charge in [0.15, 0.2) is 0 Å². The summed E-state index contributed by atoms with van der Waals surface area (Å²) in [6.07, 6.45) is 2.06. The Morgan fingerprint density at radius 3 is 3.16 bits per heavy atom. The lowest BCUT2D eigenvalue weighted by molar-refractivity contribution is -0.146. The van der Waals surface area contributed by atoms with Gasteiger partial charge in [0.2, 0.25) is 0 Å². The lowest BCUT2D eigenvalue weighted by Crippen LogP contribution is -2.36. The summed E-state index contributed by atoms with van der Waals surface area (Å²) in [6.45, 7) is 3.22. The van der Waals surface area contributed by atoms with Crippen molar-refractivity contribution in [1.82, 2.24) is 9.88 Å². The molecule has 0 aromatic carbocycles. The van der Waals surface area contributed by atoms with Crippen LogP contribution in [-0.4, -0.2) is 46.8 Å². The first-order chi connectivity index (χ1) is 9.13. The molecular formula is C13H20N2O3S. The molecule has 0 saturated carbocycles. The van der Waals surface area contributed by atoms with Gasteiger partial charge in [0, 0.05) is 24.9 Å². The first-order valence-electron chi connectivity index (χ1n) is 6.57. The van der Waals surface area contributed by atoms with Gasteiger partial charge >= 0.3 is 5.97 Å². The molecular weight excluding hydrogens is 264 g/mol. The van der Waals surface area contributed by atoms with Gasteiger partial charge in [-0.1, -0.05) is 6.92 Å². The molecule has 2 unspecified atom stereocenters. The molecule has 0 amide bonds. The molecule has 1 aliphatic heterocycles. The van der Waals surface area contributed by atoms with Gasteiger partial charge in [-0.3, -0.25) is 9.69 Å². The van der Waals surface area contributed by atoms with Crippen LogP contribution in [0.5, 0.6) is 0 Å². The minimum Gasteiger partial charge on any atom is -0.468 e. The number of aliphatic hydroxyl groups is 1. The molecule has 2 atom stereocenters. The zero-order valence-corrected chi connectivity index (χ0v) is 12.2. The Hall–Kier alpha value is -0.980. The number of carbonyl (C=O) groups excluding carboxylic acids is 1. The van der Waals surface area contributed by atoms with E-state index in [1.807, 2.05) is 10.3 Å². The molecule has 0 spiro atoms. The second-order valence-electron chi connectivity index (χ2n) is 4.84. The Bertz CT molecular complexity index is 435. The van der Waals surface area contributed by atoms with Crippen molar-refractivity contribution in [3.8, 4) is 0 Å². The van der Waals surface area contributed by atoms with E-state index in [1.165, 1.54) is 7.11 Å². The highest BCUT2D eigenvalue weighted by molar-refractivity contribution is 7.09. The second kappa shape index (κ2) is 6.45. The fourth-order valence-corrected chi connectivity index (χ4v) is 3.28. The first kappa shape index (κ1) is 14.4. The summed E-state index contributed by atoms with van der Waals surface area (Å²) in [6, 6.07) is -0.351. The van der Waals surface area contributed by atoms with E-state index in [0.717, 1.165) is 23.5 Å². The van der Waals surface area contributed by atoms with Crippen LogP contribution in [0.3, 0.4) is 0 Å². The van der Waals surface area contributed by atoms with E-state index in [1.54, 1.807) is 11.3 Å². The van der Waals surface area contributed by atoms with Gasteiger partial charge in [-0.25, -0.2) is 4.98 Å². The summed E-state index contributed by atoms with van der Waals surface area (Å²) in [5, 5.41) is 12.9. The smallest absolute Gasteiger partial charge is 0.323 e. The summed E-state index contributed by atoms with van der Waals surface area (Å²) in [7, 11) is 1.38. The Kier molecular flexibility index (Phi) is 4.90. The summed E-state index contributed by atoms with van der Waals surface area (Å²) >= 11 is 1.66. The Morgan fingerprint density at radius 1 is 1.68 bits per heavy atom. The predicted molar refractivity (Wildman–Crippen MR) is 72.9 cm³/mol. The van der Waals surface area contributed by atoms with Crippen molar-refractivity contribution in [2.75, 3.05) is 13.7 Å². The first-order valence-corrected chi connectivity index (χ1v) is 7.45. The summed E-state index contributed by atoms with van der Waals surface area (Å²) < 4.78 is 4.78. The number of thiazole rings is 1. The Labute approximate surface area is 117 Å². The number of aromatic nitrogens is 1. The minimum absolute atomic E-state index is 0.277. The molecule has 6 heteroatoms. The lowest BCUT2D eigenvalue weighted by atomic mass is 10.2. The molecule has 0 bridgehead atoms. The number of likely N-dealkylation sites (tertiary alicyclic amines) is 1. The molecule has 5 nitrogen and oxygen atoms in total. The van der Waals surface area contributed by atoms with Crippen LogP contribution in [0.15, 0.2) is 5.38 Å². The van der Waals surface area contributed by atoms with Crippen molar-refractivity contribution in [3.63, 3.8) is 0 Å². The van der Waals surface area contributed by atoms with Crippen LogP contribution in [0.1, 0.15) is 30.5 Å². The molecule has 1 fully saturated rings. The quantitative estimate of drug-likeness (QED) is 0.823. The lowest BCUT2D eigenvalue weighted by Gasteiger charge is -2.20. The molecule has 2 rings (SSSR count). The van der Waals surface area contributed by atoms with Crippen LogP contribution in [-0.2, 0) is 22.5 Å². The number of aryl methyl sites for hydroxylation is 1. The van der Waals surface area contributed by atoms with Crippen LogP contribution in [0.4, 0.5) is 0 Å². The maximum absolute atomic E-state index is 11.7. The number of hydrogen-bond donors (Lipinski definition) is 1. The average Bonchev–Trinajstić information content (AvgIpc) is 2.96. The summed E-state index contributed by atoms with van der Waals surface area (Å²) in [5.74, 6) is -0.277. The fraction of sp³-hybridized carbons (Fsp3) is 0.692. The van der Waals surface area contributed by atoms with E-state index in [9.17, 15) is 9.90 Å². The van der Waals surface area contributed by atoms with E-state index >= 15 is 0 Å². The number of aliphatic hydroxyl groups excluding tert-OH is 1. The van der Waals surface area contributed by atoms with Gasteiger partial charge in [0.1, 0.15) is 6.04 Å². The molecule has 1 aromatic rings. The largest absolute Gasteiger partial charge is 0.468 e. The number of ether oxygens (including phenoxy) is 1. The monoisotopic (exact) mass is 284 g/mol. The number of rotatable bonds is 5. The number of esters is 1. The zero-order valence-electron chi connectivity index (χ0n) is 11.3. The van der Waals surface area contributed by atoms with Crippen molar-refractivity contribution in [3.05, 3.63) is 16.1 Å². The topological polar surface area (TPSA) is 62.7 Å². The molecule has 0 aliphatic carbocycles. The number of nitrogens with zero attached hydrogens (tertiary/aromatic N) is 2. The van der Waals surface area contributed by atoms with E-state index in [0.29, 0.717) is 19.5 Å². The summed E-state index contributed by atoms with van der Waals surface area (Å²) in [4.78, 5) is 18.2. The van der Waals surface area contributed by atoms with Crippen molar-refractivity contribution in [2.24, 2.45) is 0 Å². The van der Waals surface area contributed by atoms with Crippen molar-refractivity contribution in [2.45, 2.75) is 44.9 Å². The van der Waals surface area contributed by atoms with Crippen LogP contribution >= 0.6 is 11.3 Å². The molecule has 1 aromatic heterocycles. The van der Waals surface area contributed by atoms with Gasteiger partial charge in [0.25, 0.3) is 0 Å². The fourth-order valence-electron chi connectivity index (χ4n) is 2.39. The van der Waals surface area contributed by atoms with Crippen LogP contribution in [0.25, 0.3) is 0 Å². The SMILES string of the molecule is CCCc1nc(CN2CC(O)CC2C(=O)OC)cs1. The number of methoxy groups -OCH3 is 1. The van der Waals surface area contributed by atoms with Gasteiger partial charge in [-0.2, -0.15) is 0 Å². The molecule has 1 aliphatic rings. The molecule has 19 heavy (non-hydrogen) atoms. The third-order valence-electron chi connectivity index (χ3n) is 3.28. The summed E-state index contributed by atoms with van der Waals surface area (Å²) in [5.41, 5.74) is 0.969. The van der Waals surface area contributed by atoms with E-state index in [2.05, 4.69) is 11.9 Å². The van der Waals surface area contributed by atoms with Crippen LogP contribution < -0.4 is 0 Å². The number of hydrogen-bond acceptors (Lipinski definition) is 6. The highest BCUT2D eigenvalue weighted by Gasteiger charge is 2.36. The molecule has 1 N–H and O–H groups in total. The predicted octanol–water partition coefficient (Wildman–Crippen LogP) is 1.20. The number of carbonyl (C=O) groups is 1. The Morgan fingerprint density at radius 2 is 2.47 bits per heavy atom. The molecule has 1 saturated heterocycles. The highest BCUT2D eigenvalue weighted by Crippen LogP contribution is 2.22. The zero-order chi connectivity index (χ0) is 13.8. The van der Waals surface area contributed by atoms with Crippen molar-refractivity contribution in [1.29, 1.82) is 0 Å². The third kappa shape index (κ3) is 3.52. The normalized spacial score (nSPS) is 23.7. The van der Waals surface area contributed by atoms with Gasteiger partial charge < -0.3 is 9.84 Å². The third-order valence-corrected chi connectivity index (χ3v) is 4.24. The maximum atomic E-state index is 11.7.